The minimum absolute atomic E-state index is 0.597. The van der Waals surface area contributed by atoms with Crippen molar-refractivity contribution in [3.8, 4) is 0 Å². The van der Waals surface area contributed by atoms with Crippen LogP contribution in [0.2, 0.25) is 0 Å². The third-order valence-corrected chi connectivity index (χ3v) is 2.95. The van der Waals surface area contributed by atoms with Crippen LogP contribution in [-0.2, 0) is 4.74 Å². The van der Waals surface area contributed by atoms with Crippen LogP contribution in [0.4, 0.5) is 5.82 Å². The molecule has 1 saturated heterocycles. The van der Waals surface area contributed by atoms with Crippen molar-refractivity contribution >= 4 is 17.6 Å². The van der Waals surface area contributed by atoms with Gasteiger partial charge in [-0.15, -0.1) is 0 Å². The lowest BCUT2D eigenvalue weighted by atomic mass is 10.4. The van der Waals surface area contributed by atoms with E-state index in [1.165, 1.54) is 0 Å². The predicted molar refractivity (Wildman–Crippen MR) is 54.2 cm³/mol. The lowest BCUT2D eigenvalue weighted by molar-refractivity contribution is 0.0455. The summed E-state index contributed by atoms with van der Waals surface area (Å²) >= 11 is 1.78. The molecule has 0 spiro atoms. The second-order valence-electron chi connectivity index (χ2n) is 2.89. The first kappa shape index (κ1) is 8.84. The third-order valence-electron chi connectivity index (χ3n) is 1.87. The Morgan fingerprint density at radius 1 is 1.54 bits per heavy atom. The number of rotatable bonds is 3. The lowest BCUT2D eigenvalue weighted by Crippen LogP contribution is -2.30. The zero-order chi connectivity index (χ0) is 9.10. The van der Waals surface area contributed by atoms with Crippen LogP contribution >= 0.6 is 11.8 Å². The van der Waals surface area contributed by atoms with Crippen molar-refractivity contribution in [2.75, 3.05) is 25.6 Å². The first-order chi connectivity index (χ1) is 6.38. The number of pyridine rings is 1. The van der Waals surface area contributed by atoms with E-state index in [0.717, 1.165) is 24.1 Å². The standard InChI is InChI=1S/C9H12N2OS/c1-10-8-3-2-4-9(11-8)13-7-5-12-6-7/h2-4,7H,5-6H2,1H3,(H,10,11). The zero-order valence-corrected chi connectivity index (χ0v) is 8.30. The molecule has 0 aliphatic carbocycles. The molecule has 0 unspecified atom stereocenters. The molecule has 2 rings (SSSR count). The van der Waals surface area contributed by atoms with Crippen molar-refractivity contribution in [3.05, 3.63) is 18.2 Å². The van der Waals surface area contributed by atoms with E-state index >= 15 is 0 Å². The van der Waals surface area contributed by atoms with Crippen LogP contribution in [-0.4, -0.2) is 30.5 Å². The molecular formula is C9H12N2OS. The van der Waals surface area contributed by atoms with Gasteiger partial charge >= 0.3 is 0 Å². The number of hydrogen-bond donors (Lipinski definition) is 1. The number of anilines is 1. The first-order valence-corrected chi connectivity index (χ1v) is 5.15. The summed E-state index contributed by atoms with van der Waals surface area (Å²) in [6.07, 6.45) is 0. The fraction of sp³-hybridized carbons (Fsp3) is 0.444. The molecule has 3 nitrogen and oxygen atoms in total. The second-order valence-corrected chi connectivity index (χ2v) is 4.21. The highest BCUT2D eigenvalue weighted by Gasteiger charge is 2.19. The Kier molecular flexibility index (Phi) is 2.71. The Morgan fingerprint density at radius 2 is 2.38 bits per heavy atom. The Hall–Kier alpha value is -0.740. The van der Waals surface area contributed by atoms with E-state index < -0.39 is 0 Å². The molecule has 0 saturated carbocycles. The maximum atomic E-state index is 5.10. The molecule has 70 valence electrons. The van der Waals surface area contributed by atoms with Crippen LogP contribution in [0, 0.1) is 0 Å². The molecule has 0 atom stereocenters. The van der Waals surface area contributed by atoms with Crippen LogP contribution in [0.25, 0.3) is 0 Å². The molecule has 0 aromatic carbocycles. The van der Waals surface area contributed by atoms with E-state index in [1.54, 1.807) is 11.8 Å². The van der Waals surface area contributed by atoms with Gasteiger partial charge in [-0.05, 0) is 12.1 Å². The van der Waals surface area contributed by atoms with Gasteiger partial charge in [0.1, 0.15) is 5.82 Å². The minimum atomic E-state index is 0.597. The highest BCUT2D eigenvalue weighted by molar-refractivity contribution is 8.00. The van der Waals surface area contributed by atoms with E-state index in [2.05, 4.69) is 10.3 Å². The van der Waals surface area contributed by atoms with Gasteiger partial charge in [0.25, 0.3) is 0 Å². The molecule has 4 heteroatoms. The Balaban J connectivity index is 2.01. The predicted octanol–water partition coefficient (Wildman–Crippen LogP) is 1.61. The van der Waals surface area contributed by atoms with Gasteiger partial charge in [-0.3, -0.25) is 0 Å². The molecule has 0 bridgehead atoms. The van der Waals surface area contributed by atoms with Gasteiger partial charge in [0.15, 0.2) is 0 Å². The van der Waals surface area contributed by atoms with Crippen molar-refractivity contribution in [2.45, 2.75) is 10.3 Å². The zero-order valence-electron chi connectivity index (χ0n) is 7.49. The van der Waals surface area contributed by atoms with Crippen LogP contribution in [0.3, 0.4) is 0 Å². The number of nitrogens with zero attached hydrogens (tertiary/aromatic N) is 1. The maximum Gasteiger partial charge on any atom is 0.126 e. The van der Waals surface area contributed by atoms with Gasteiger partial charge in [0, 0.05) is 7.05 Å². The SMILES string of the molecule is CNc1cccc(SC2COC2)n1. The molecule has 1 aliphatic heterocycles. The van der Waals surface area contributed by atoms with Crippen molar-refractivity contribution in [1.82, 2.24) is 4.98 Å². The number of aromatic nitrogens is 1. The van der Waals surface area contributed by atoms with E-state index in [-0.39, 0.29) is 0 Å². The highest BCUT2D eigenvalue weighted by Crippen LogP contribution is 2.26. The number of nitrogens with one attached hydrogen (secondary N) is 1. The maximum absolute atomic E-state index is 5.10. The number of ether oxygens (including phenoxy) is 1. The van der Waals surface area contributed by atoms with Crippen LogP contribution < -0.4 is 5.32 Å². The topological polar surface area (TPSA) is 34.1 Å². The molecule has 0 radical (unpaired) electrons. The van der Waals surface area contributed by atoms with Crippen LogP contribution in [0.15, 0.2) is 23.2 Å². The summed E-state index contributed by atoms with van der Waals surface area (Å²) in [5, 5.41) is 4.69. The molecule has 13 heavy (non-hydrogen) atoms. The van der Waals surface area contributed by atoms with E-state index in [9.17, 15) is 0 Å². The van der Waals surface area contributed by atoms with E-state index in [4.69, 9.17) is 4.74 Å². The summed E-state index contributed by atoms with van der Waals surface area (Å²) in [4.78, 5) is 4.41. The van der Waals surface area contributed by atoms with Crippen LogP contribution in [0.1, 0.15) is 0 Å². The molecule has 1 N–H and O–H groups in total. The molecular weight excluding hydrogens is 184 g/mol. The highest BCUT2D eigenvalue weighted by atomic mass is 32.2. The van der Waals surface area contributed by atoms with E-state index in [1.807, 2.05) is 25.2 Å². The molecule has 1 fully saturated rings. The van der Waals surface area contributed by atoms with Gasteiger partial charge in [-0.2, -0.15) is 0 Å². The van der Waals surface area contributed by atoms with Gasteiger partial charge in [0.05, 0.1) is 23.5 Å². The summed E-state index contributed by atoms with van der Waals surface area (Å²) in [6, 6.07) is 6.01. The third kappa shape index (κ3) is 2.14. The van der Waals surface area contributed by atoms with Gasteiger partial charge in [-0.1, -0.05) is 17.8 Å². The Labute approximate surface area is 81.9 Å². The summed E-state index contributed by atoms with van der Waals surface area (Å²) < 4.78 is 5.10. The smallest absolute Gasteiger partial charge is 0.126 e. The van der Waals surface area contributed by atoms with Gasteiger partial charge in [-0.25, -0.2) is 4.98 Å². The monoisotopic (exact) mass is 196 g/mol. The summed E-state index contributed by atoms with van der Waals surface area (Å²) in [5.74, 6) is 0.922. The summed E-state index contributed by atoms with van der Waals surface area (Å²) in [5.41, 5.74) is 0. The fourth-order valence-electron chi connectivity index (χ4n) is 1.07. The average molecular weight is 196 g/mol. The molecule has 0 amide bonds. The van der Waals surface area contributed by atoms with Crippen molar-refractivity contribution in [3.63, 3.8) is 0 Å². The van der Waals surface area contributed by atoms with Crippen molar-refractivity contribution in [2.24, 2.45) is 0 Å². The molecule has 1 aromatic heterocycles. The number of hydrogen-bond acceptors (Lipinski definition) is 4. The van der Waals surface area contributed by atoms with Gasteiger partial charge in [0.2, 0.25) is 0 Å². The molecule has 1 aliphatic rings. The number of thioether (sulfide) groups is 1. The molecule has 2 heterocycles. The second kappa shape index (κ2) is 3.98. The quantitative estimate of drug-likeness (QED) is 0.796. The largest absolute Gasteiger partial charge is 0.379 e. The first-order valence-electron chi connectivity index (χ1n) is 4.27. The van der Waals surface area contributed by atoms with Crippen molar-refractivity contribution in [1.29, 1.82) is 0 Å². The summed E-state index contributed by atoms with van der Waals surface area (Å²) in [7, 11) is 1.88. The average Bonchev–Trinajstić information content (AvgIpc) is 2.12. The summed E-state index contributed by atoms with van der Waals surface area (Å²) in [6.45, 7) is 1.71. The minimum Gasteiger partial charge on any atom is -0.379 e. The normalized spacial score (nSPS) is 16.7. The fourth-order valence-corrected chi connectivity index (χ4v) is 2.05. The van der Waals surface area contributed by atoms with E-state index in [0.29, 0.717) is 5.25 Å². The molecule has 1 aromatic rings. The van der Waals surface area contributed by atoms with Crippen molar-refractivity contribution < 1.29 is 4.74 Å². The van der Waals surface area contributed by atoms with Gasteiger partial charge < -0.3 is 10.1 Å². The van der Waals surface area contributed by atoms with Crippen LogP contribution in [0.5, 0.6) is 0 Å². The Morgan fingerprint density at radius 3 is 3.00 bits per heavy atom. The Bertz CT molecular complexity index is 289. The lowest BCUT2D eigenvalue weighted by Gasteiger charge is -2.24.